The van der Waals surface area contributed by atoms with Crippen LogP contribution in [0.5, 0.6) is 0 Å². The zero-order valence-electron chi connectivity index (χ0n) is 17.7. The van der Waals surface area contributed by atoms with Gasteiger partial charge >= 0.3 is 0 Å². The summed E-state index contributed by atoms with van der Waals surface area (Å²) in [5.41, 5.74) is 4.75. The van der Waals surface area contributed by atoms with Crippen LogP contribution in [0.15, 0.2) is 60.2 Å². The van der Waals surface area contributed by atoms with E-state index in [1.54, 1.807) is 0 Å². The van der Waals surface area contributed by atoms with Crippen molar-refractivity contribution in [1.82, 2.24) is 15.2 Å². The van der Waals surface area contributed by atoms with Crippen molar-refractivity contribution in [3.63, 3.8) is 0 Å². The number of aryl methyl sites for hydroxylation is 1. The largest absolute Gasteiger partial charge is 0.331 e. The number of hydrogen-bond acceptors (Lipinski definition) is 4. The Labute approximate surface area is 183 Å². The minimum absolute atomic E-state index is 0.159. The normalized spacial score (nSPS) is 18.9. The lowest BCUT2D eigenvalue weighted by molar-refractivity contribution is 0.0606. The zero-order chi connectivity index (χ0) is 20.9. The highest BCUT2D eigenvalue weighted by Gasteiger charge is 2.30. The number of amides is 1. The summed E-state index contributed by atoms with van der Waals surface area (Å²) < 4.78 is 0. The monoisotopic (exact) mass is 419 g/mol. The van der Waals surface area contributed by atoms with Crippen LogP contribution in [0.3, 0.4) is 0 Å². The molecule has 2 heterocycles. The summed E-state index contributed by atoms with van der Waals surface area (Å²) in [7, 11) is 2.04. The fourth-order valence-electron chi connectivity index (χ4n) is 4.33. The molecule has 5 heteroatoms. The molecule has 0 atom stereocenters. The number of aromatic nitrogens is 1. The summed E-state index contributed by atoms with van der Waals surface area (Å²) in [5.74, 6) is 0.159. The SMILES string of the molecule is CNC1CCC(N(Cc2cc(-c3ccncc3)ccc2C)C(=O)c2cccs2)CC1. The molecule has 4 rings (SSSR count). The van der Waals surface area contributed by atoms with E-state index in [4.69, 9.17) is 0 Å². The lowest BCUT2D eigenvalue weighted by Gasteiger charge is -2.37. The Kier molecular flexibility index (Phi) is 6.60. The molecule has 4 nitrogen and oxygen atoms in total. The third-order valence-corrected chi connectivity index (χ3v) is 7.10. The van der Waals surface area contributed by atoms with Gasteiger partial charge in [-0.1, -0.05) is 18.2 Å². The van der Waals surface area contributed by atoms with Crippen molar-refractivity contribution in [2.24, 2.45) is 0 Å². The van der Waals surface area contributed by atoms with E-state index in [1.807, 2.05) is 49.1 Å². The average Bonchev–Trinajstić information content (AvgIpc) is 3.34. The van der Waals surface area contributed by atoms with Gasteiger partial charge in [0.2, 0.25) is 0 Å². The molecule has 0 bridgehead atoms. The maximum atomic E-state index is 13.4. The summed E-state index contributed by atoms with van der Waals surface area (Å²) in [4.78, 5) is 20.5. The lowest BCUT2D eigenvalue weighted by atomic mass is 9.89. The molecule has 0 spiro atoms. The topological polar surface area (TPSA) is 45.2 Å². The second-order valence-corrected chi connectivity index (χ2v) is 9.03. The molecule has 30 heavy (non-hydrogen) atoms. The van der Waals surface area contributed by atoms with E-state index in [0.29, 0.717) is 12.6 Å². The van der Waals surface area contributed by atoms with E-state index in [1.165, 1.54) is 28.0 Å². The maximum absolute atomic E-state index is 13.4. The molecule has 1 aliphatic rings. The highest BCUT2D eigenvalue weighted by atomic mass is 32.1. The van der Waals surface area contributed by atoms with Crippen molar-refractivity contribution in [3.8, 4) is 11.1 Å². The maximum Gasteiger partial charge on any atom is 0.264 e. The molecule has 0 aliphatic heterocycles. The van der Waals surface area contributed by atoms with E-state index in [9.17, 15) is 4.79 Å². The molecule has 1 fully saturated rings. The first kappa shape index (κ1) is 20.8. The van der Waals surface area contributed by atoms with Gasteiger partial charge in [-0.2, -0.15) is 0 Å². The number of thiophene rings is 1. The Morgan fingerprint density at radius 1 is 1.10 bits per heavy atom. The second kappa shape index (κ2) is 9.54. The number of carbonyl (C=O) groups is 1. The Morgan fingerprint density at radius 2 is 1.87 bits per heavy atom. The quantitative estimate of drug-likeness (QED) is 0.590. The highest BCUT2D eigenvalue weighted by Crippen LogP contribution is 2.29. The minimum atomic E-state index is 0.159. The van der Waals surface area contributed by atoms with Crippen LogP contribution in [-0.2, 0) is 6.54 Å². The van der Waals surface area contributed by atoms with Crippen molar-refractivity contribution in [1.29, 1.82) is 0 Å². The second-order valence-electron chi connectivity index (χ2n) is 8.08. The number of rotatable bonds is 6. The molecule has 2 aromatic heterocycles. The summed E-state index contributed by atoms with van der Waals surface area (Å²) in [6, 6.07) is 15.4. The minimum Gasteiger partial charge on any atom is -0.331 e. The number of pyridine rings is 1. The van der Waals surface area contributed by atoms with Crippen LogP contribution >= 0.6 is 11.3 Å². The Bertz CT molecular complexity index is 963. The van der Waals surface area contributed by atoms with Crippen molar-refractivity contribution in [3.05, 3.63) is 76.2 Å². The molecule has 156 valence electrons. The first-order valence-electron chi connectivity index (χ1n) is 10.7. The van der Waals surface area contributed by atoms with Crippen molar-refractivity contribution >= 4 is 17.2 Å². The van der Waals surface area contributed by atoms with E-state index in [2.05, 4.69) is 40.3 Å². The van der Waals surface area contributed by atoms with Gasteiger partial charge in [0.25, 0.3) is 5.91 Å². The summed E-state index contributed by atoms with van der Waals surface area (Å²) in [5, 5.41) is 5.38. The van der Waals surface area contributed by atoms with Gasteiger partial charge < -0.3 is 10.2 Å². The van der Waals surface area contributed by atoms with Gasteiger partial charge in [0.15, 0.2) is 0 Å². The van der Waals surface area contributed by atoms with Crippen LogP contribution in [0.4, 0.5) is 0 Å². The van der Waals surface area contributed by atoms with Gasteiger partial charge in [-0.3, -0.25) is 9.78 Å². The fourth-order valence-corrected chi connectivity index (χ4v) is 5.01. The Morgan fingerprint density at radius 3 is 2.53 bits per heavy atom. The van der Waals surface area contributed by atoms with Crippen molar-refractivity contribution in [2.75, 3.05) is 7.05 Å². The zero-order valence-corrected chi connectivity index (χ0v) is 18.5. The van der Waals surface area contributed by atoms with Gasteiger partial charge in [-0.15, -0.1) is 11.3 Å². The molecule has 0 radical (unpaired) electrons. The average molecular weight is 420 g/mol. The third kappa shape index (κ3) is 4.63. The van der Waals surface area contributed by atoms with Crippen LogP contribution < -0.4 is 5.32 Å². The molecule has 1 amide bonds. The predicted molar refractivity (Wildman–Crippen MR) is 124 cm³/mol. The molecular weight excluding hydrogens is 390 g/mol. The van der Waals surface area contributed by atoms with Gasteiger partial charge in [-0.05, 0) is 91.6 Å². The van der Waals surface area contributed by atoms with Gasteiger partial charge in [0, 0.05) is 31.0 Å². The summed E-state index contributed by atoms with van der Waals surface area (Å²) >= 11 is 1.53. The van der Waals surface area contributed by atoms with Gasteiger partial charge in [0.05, 0.1) is 4.88 Å². The van der Waals surface area contributed by atoms with Crippen LogP contribution in [0, 0.1) is 6.92 Å². The fraction of sp³-hybridized carbons (Fsp3) is 0.360. The van der Waals surface area contributed by atoms with Crippen LogP contribution in [-0.4, -0.2) is 34.9 Å². The van der Waals surface area contributed by atoms with Gasteiger partial charge in [-0.25, -0.2) is 0 Å². The molecule has 0 saturated heterocycles. The molecule has 0 unspecified atom stereocenters. The van der Waals surface area contributed by atoms with Crippen LogP contribution in [0.1, 0.15) is 46.5 Å². The van der Waals surface area contributed by atoms with Crippen LogP contribution in [0.25, 0.3) is 11.1 Å². The van der Waals surface area contributed by atoms with Crippen LogP contribution in [0.2, 0.25) is 0 Å². The number of nitrogens with one attached hydrogen (secondary N) is 1. The van der Waals surface area contributed by atoms with E-state index < -0.39 is 0 Å². The first-order chi connectivity index (χ1) is 14.7. The first-order valence-corrected chi connectivity index (χ1v) is 11.6. The Hall–Kier alpha value is -2.50. The molecule has 3 aromatic rings. The molecule has 1 saturated carbocycles. The molecular formula is C25H29N3OS. The highest BCUT2D eigenvalue weighted by molar-refractivity contribution is 7.12. The third-order valence-electron chi connectivity index (χ3n) is 6.24. The summed E-state index contributed by atoms with van der Waals surface area (Å²) in [6.45, 7) is 2.79. The molecule has 1 aromatic carbocycles. The van der Waals surface area contributed by atoms with Crippen molar-refractivity contribution < 1.29 is 4.79 Å². The molecule has 1 aliphatic carbocycles. The van der Waals surface area contributed by atoms with Gasteiger partial charge in [0.1, 0.15) is 0 Å². The summed E-state index contributed by atoms with van der Waals surface area (Å²) in [6.07, 6.45) is 7.97. The smallest absolute Gasteiger partial charge is 0.264 e. The standard InChI is InChI=1S/C25H29N3OS/c1-18-5-6-20(19-11-13-27-14-12-19)16-21(18)17-28(25(29)24-4-3-15-30-24)23-9-7-22(26-2)8-10-23/h3-6,11-16,22-23,26H,7-10,17H2,1-2H3. The number of carbonyl (C=O) groups excluding carboxylic acids is 1. The van der Waals surface area contributed by atoms with E-state index in [0.717, 1.165) is 36.1 Å². The molecule has 1 N–H and O–H groups in total. The van der Waals surface area contributed by atoms with E-state index in [-0.39, 0.29) is 11.9 Å². The number of hydrogen-bond donors (Lipinski definition) is 1. The predicted octanol–water partition coefficient (Wildman–Crippen LogP) is 5.29. The van der Waals surface area contributed by atoms with E-state index >= 15 is 0 Å². The Balaban J connectivity index is 1.62. The van der Waals surface area contributed by atoms with Crippen molar-refractivity contribution in [2.45, 2.75) is 51.2 Å². The number of benzene rings is 1. The lowest BCUT2D eigenvalue weighted by Crippen LogP contribution is -2.44. The number of nitrogens with zero attached hydrogens (tertiary/aromatic N) is 2.